The van der Waals surface area contributed by atoms with Gasteiger partial charge in [-0.05, 0) is 99.2 Å². The Labute approximate surface area is 285 Å². The second-order valence-corrected chi connectivity index (χ2v) is 15.3. The first-order valence-corrected chi connectivity index (χ1v) is 17.3. The zero-order valence-electron chi connectivity index (χ0n) is 29.6. The number of fused-ring (bicyclic) bond motifs is 1. The minimum absolute atomic E-state index is 0.0356. The number of methoxy groups -OCH3 is 1. The van der Waals surface area contributed by atoms with Gasteiger partial charge in [-0.1, -0.05) is 39.0 Å². The van der Waals surface area contributed by atoms with Gasteiger partial charge in [-0.2, -0.15) is 0 Å². The van der Waals surface area contributed by atoms with E-state index < -0.39 is 5.60 Å². The molecule has 2 atom stereocenters. The average Bonchev–Trinajstić information content (AvgIpc) is 3.89. The van der Waals surface area contributed by atoms with Gasteiger partial charge < -0.3 is 33.9 Å². The highest BCUT2D eigenvalue weighted by molar-refractivity contribution is 5.77. The molecule has 2 unspecified atom stereocenters. The molecule has 1 aromatic heterocycles. The highest BCUT2D eigenvalue weighted by Gasteiger charge is 2.45. The molecule has 1 N–H and O–H groups in total. The lowest BCUT2D eigenvalue weighted by Crippen LogP contribution is -2.55. The van der Waals surface area contributed by atoms with Crippen LogP contribution in [0, 0.1) is 11.3 Å². The van der Waals surface area contributed by atoms with Crippen LogP contribution in [-0.4, -0.2) is 54.6 Å². The van der Waals surface area contributed by atoms with Crippen molar-refractivity contribution in [2.75, 3.05) is 32.3 Å². The minimum atomic E-state index is -0.584. The van der Waals surface area contributed by atoms with Crippen LogP contribution in [0.5, 0.6) is 17.2 Å². The predicted molar refractivity (Wildman–Crippen MR) is 187 cm³/mol. The maximum absolute atomic E-state index is 13.7. The van der Waals surface area contributed by atoms with Gasteiger partial charge in [0.1, 0.15) is 42.0 Å². The van der Waals surface area contributed by atoms with Crippen LogP contribution in [0.2, 0.25) is 0 Å². The first kappa shape index (κ1) is 33.9. The van der Waals surface area contributed by atoms with E-state index in [1.165, 1.54) is 12.8 Å². The molecule has 0 bridgehead atoms. The molecule has 0 radical (unpaired) electrons. The molecule has 0 spiro atoms. The summed E-state index contributed by atoms with van der Waals surface area (Å²) in [5, 5.41) is 3.41. The Kier molecular flexibility index (Phi) is 9.79. The predicted octanol–water partition coefficient (Wildman–Crippen LogP) is 8.55. The van der Waals surface area contributed by atoms with Crippen LogP contribution in [0.3, 0.4) is 0 Å². The number of anilines is 1. The number of carbonyl (C=O) groups is 1. The number of rotatable bonds is 9. The van der Waals surface area contributed by atoms with E-state index >= 15 is 0 Å². The van der Waals surface area contributed by atoms with Gasteiger partial charge in [-0.25, -0.2) is 9.78 Å². The summed E-state index contributed by atoms with van der Waals surface area (Å²) in [5.74, 6) is 3.68. The molecule has 3 heterocycles. The first-order valence-electron chi connectivity index (χ1n) is 17.3. The fraction of sp³-hybridized carbons (Fsp3) is 0.538. The monoisotopic (exact) mass is 657 g/mol. The number of aromatic nitrogens is 1. The number of piperidine rings is 1. The number of nitrogens with zero attached hydrogens (tertiary/aromatic N) is 2. The molecule has 258 valence electrons. The van der Waals surface area contributed by atoms with Crippen molar-refractivity contribution >= 4 is 11.9 Å². The number of carbonyl (C=O) groups excluding carboxylic acids is 1. The van der Waals surface area contributed by atoms with Crippen molar-refractivity contribution in [3.05, 3.63) is 65.2 Å². The second-order valence-electron chi connectivity index (χ2n) is 15.3. The number of nitrogens with one attached hydrogen (secondary N) is 1. The summed E-state index contributed by atoms with van der Waals surface area (Å²) in [6.45, 7) is 14.9. The largest absolute Gasteiger partial charge is 0.497 e. The summed E-state index contributed by atoms with van der Waals surface area (Å²) in [5.41, 5.74) is 3.99. The molecule has 1 amide bonds. The van der Waals surface area contributed by atoms with Crippen LogP contribution in [0.1, 0.15) is 89.8 Å². The molecule has 1 saturated heterocycles. The number of hydrogen-bond donors (Lipinski definition) is 1. The third kappa shape index (κ3) is 7.83. The molecular formula is C39H51N3O6. The topological polar surface area (TPSA) is 91.4 Å². The Balaban J connectivity index is 1.43. The Morgan fingerprint density at radius 1 is 1.00 bits per heavy atom. The van der Waals surface area contributed by atoms with Crippen molar-refractivity contribution in [3.63, 3.8) is 0 Å². The van der Waals surface area contributed by atoms with E-state index in [2.05, 4.69) is 32.2 Å². The lowest BCUT2D eigenvalue weighted by Gasteiger charge is -2.48. The fourth-order valence-corrected chi connectivity index (χ4v) is 6.92. The average molecular weight is 658 g/mol. The van der Waals surface area contributed by atoms with E-state index in [0.717, 1.165) is 58.1 Å². The molecule has 2 aliphatic heterocycles. The molecule has 3 aliphatic rings. The molecule has 6 rings (SSSR count). The zero-order chi connectivity index (χ0) is 34.1. The second kappa shape index (κ2) is 13.9. The van der Waals surface area contributed by atoms with Gasteiger partial charge in [0.15, 0.2) is 0 Å². The Hall–Kier alpha value is -3.98. The van der Waals surface area contributed by atoms with Crippen molar-refractivity contribution < 1.29 is 28.5 Å². The molecule has 48 heavy (non-hydrogen) atoms. The first-order chi connectivity index (χ1) is 22.9. The smallest absolute Gasteiger partial charge is 0.410 e. The van der Waals surface area contributed by atoms with Gasteiger partial charge in [0.05, 0.1) is 31.6 Å². The van der Waals surface area contributed by atoms with Crippen molar-refractivity contribution in [3.8, 4) is 28.5 Å². The minimum Gasteiger partial charge on any atom is -0.497 e. The number of hydrogen-bond acceptors (Lipinski definition) is 8. The van der Waals surface area contributed by atoms with Crippen molar-refractivity contribution in [1.82, 2.24) is 9.88 Å². The fourth-order valence-electron chi connectivity index (χ4n) is 6.92. The summed E-state index contributed by atoms with van der Waals surface area (Å²) in [7, 11) is 1.66. The molecule has 1 saturated carbocycles. The van der Waals surface area contributed by atoms with Crippen LogP contribution >= 0.6 is 0 Å². The molecular weight excluding hydrogens is 606 g/mol. The van der Waals surface area contributed by atoms with Crippen LogP contribution in [0.25, 0.3) is 11.3 Å². The Bertz CT molecular complexity index is 1590. The molecule has 1 aliphatic carbocycles. The van der Waals surface area contributed by atoms with E-state index in [9.17, 15) is 4.79 Å². The van der Waals surface area contributed by atoms with Gasteiger partial charge in [0.2, 0.25) is 0 Å². The summed E-state index contributed by atoms with van der Waals surface area (Å²) >= 11 is 0. The zero-order valence-corrected chi connectivity index (χ0v) is 29.6. The molecule has 9 heteroatoms. The highest BCUT2D eigenvalue weighted by atomic mass is 16.6. The van der Waals surface area contributed by atoms with Crippen LogP contribution in [0.4, 0.5) is 10.6 Å². The number of benzene rings is 2. The number of pyridine rings is 1. The normalized spacial score (nSPS) is 19.6. The molecule has 9 nitrogen and oxygen atoms in total. The number of likely N-dealkylation sites (tertiary alicyclic amines) is 1. The summed E-state index contributed by atoms with van der Waals surface area (Å²) in [6.07, 6.45) is 3.92. The standard InChI is InChI=1S/C39H51N3O6/c1-38(2,3)35-28(10-9-19-42(35)37(43)48-39(4,5)6)29-20-31(41-36-30(29)23-45-24-40-36)34-32(46-21-25-13-14-25)11-8-12-33(34)47-22-26-15-17-27(44-7)18-16-26/h8,11-12,15-18,20,25,28,35H,9-10,13-14,19,21-24H2,1-7H3,(H,40,41). The number of ether oxygens (including phenoxy) is 5. The van der Waals surface area contributed by atoms with Crippen LogP contribution < -0.4 is 19.5 Å². The van der Waals surface area contributed by atoms with Crippen molar-refractivity contribution in [2.24, 2.45) is 11.3 Å². The Morgan fingerprint density at radius 2 is 1.73 bits per heavy atom. The third-order valence-electron chi connectivity index (χ3n) is 9.26. The lowest BCUT2D eigenvalue weighted by molar-refractivity contribution is -0.0135. The van der Waals surface area contributed by atoms with E-state index in [1.807, 2.05) is 68.1 Å². The van der Waals surface area contributed by atoms with Gasteiger partial charge in [-0.15, -0.1) is 0 Å². The summed E-state index contributed by atoms with van der Waals surface area (Å²) < 4.78 is 30.3. The van der Waals surface area contributed by atoms with Gasteiger partial charge in [0, 0.05) is 24.1 Å². The highest BCUT2D eigenvalue weighted by Crippen LogP contribution is 2.47. The van der Waals surface area contributed by atoms with E-state index in [-0.39, 0.29) is 23.5 Å². The van der Waals surface area contributed by atoms with E-state index in [0.29, 0.717) is 44.8 Å². The quantitative estimate of drug-likeness (QED) is 0.245. The van der Waals surface area contributed by atoms with Crippen LogP contribution in [-0.2, 0) is 22.7 Å². The van der Waals surface area contributed by atoms with Gasteiger partial charge in [0.25, 0.3) is 0 Å². The van der Waals surface area contributed by atoms with E-state index in [4.69, 9.17) is 28.7 Å². The lowest BCUT2D eigenvalue weighted by atomic mass is 9.70. The maximum Gasteiger partial charge on any atom is 0.410 e. The third-order valence-corrected chi connectivity index (χ3v) is 9.26. The molecule has 2 fully saturated rings. The molecule has 2 aromatic carbocycles. The summed E-state index contributed by atoms with van der Waals surface area (Å²) in [4.78, 5) is 20.8. The Morgan fingerprint density at radius 3 is 2.40 bits per heavy atom. The number of amides is 1. The van der Waals surface area contributed by atoms with E-state index in [1.54, 1.807) is 7.11 Å². The maximum atomic E-state index is 13.7. The van der Waals surface area contributed by atoms with Gasteiger partial charge in [-0.3, -0.25) is 0 Å². The summed E-state index contributed by atoms with van der Waals surface area (Å²) in [6, 6.07) is 16.0. The SMILES string of the molecule is COc1ccc(COc2cccc(OCC3CC3)c2-c2cc(C3CCCN(C(=O)OC(C)(C)C)C3C(C)(C)C)c3c(n2)NCOC3)cc1. The van der Waals surface area contributed by atoms with Gasteiger partial charge >= 0.3 is 6.09 Å². The van der Waals surface area contributed by atoms with Crippen molar-refractivity contribution in [2.45, 2.75) is 98.0 Å². The molecule has 3 aromatic rings. The van der Waals surface area contributed by atoms with Crippen LogP contribution in [0.15, 0.2) is 48.5 Å². The van der Waals surface area contributed by atoms with Crippen molar-refractivity contribution in [1.29, 1.82) is 0 Å².